The molecule has 0 saturated heterocycles. The van der Waals surface area contributed by atoms with Gasteiger partial charge in [-0.15, -0.1) is 0 Å². The van der Waals surface area contributed by atoms with Crippen molar-refractivity contribution < 1.29 is 18.7 Å². The summed E-state index contributed by atoms with van der Waals surface area (Å²) in [5.41, 5.74) is 0.0410. The predicted molar refractivity (Wildman–Crippen MR) is 50.5 cm³/mol. The Morgan fingerprint density at radius 2 is 2.13 bits per heavy atom. The minimum Gasteiger partial charge on any atom is -0.465 e. The molecule has 3 nitrogen and oxygen atoms in total. The van der Waals surface area contributed by atoms with Crippen LogP contribution in [0.2, 0.25) is 0 Å². The summed E-state index contributed by atoms with van der Waals surface area (Å²) in [7, 11) is 0. The van der Waals surface area contributed by atoms with E-state index in [1.807, 2.05) is 0 Å². The Balaban J connectivity index is 2.88. The van der Waals surface area contributed by atoms with Crippen molar-refractivity contribution in [3.8, 4) is 0 Å². The van der Waals surface area contributed by atoms with E-state index in [1.165, 1.54) is 12.1 Å². The number of carbonyl (C=O) groups is 1. The van der Waals surface area contributed by atoms with Crippen LogP contribution in [0.4, 0.5) is 13.6 Å². The summed E-state index contributed by atoms with van der Waals surface area (Å²) >= 11 is 0. The Hall–Kier alpha value is -1.65. The highest BCUT2D eigenvalue weighted by Gasteiger charge is 2.14. The molecule has 0 spiro atoms. The van der Waals surface area contributed by atoms with Gasteiger partial charge in [0, 0.05) is 12.1 Å². The highest BCUT2D eigenvalue weighted by molar-refractivity contribution is 5.64. The smallest absolute Gasteiger partial charge is 0.407 e. The van der Waals surface area contributed by atoms with Gasteiger partial charge in [-0.1, -0.05) is 12.1 Å². The molecule has 1 rings (SSSR count). The molecule has 5 heteroatoms. The fourth-order valence-electron chi connectivity index (χ4n) is 1.19. The summed E-state index contributed by atoms with van der Waals surface area (Å²) in [6.45, 7) is 1.71. The number of halogens is 2. The molecule has 0 unspecified atom stereocenters. The molecule has 1 amide bonds. The van der Waals surface area contributed by atoms with Crippen molar-refractivity contribution in [1.29, 1.82) is 0 Å². The predicted octanol–water partition coefficient (Wildman–Crippen LogP) is 2.46. The Labute approximate surface area is 85.9 Å². The third kappa shape index (κ3) is 2.65. The quantitative estimate of drug-likeness (QED) is 0.841. The highest BCUT2D eigenvalue weighted by Crippen LogP contribution is 2.13. The molecule has 1 N–H and O–H groups in total. The van der Waals surface area contributed by atoms with Crippen molar-refractivity contribution in [2.24, 2.45) is 0 Å². The molecule has 0 aliphatic carbocycles. The van der Waals surface area contributed by atoms with E-state index in [1.54, 1.807) is 6.92 Å². The van der Waals surface area contributed by atoms with Gasteiger partial charge in [-0.05, 0) is 13.0 Å². The first-order valence-corrected chi connectivity index (χ1v) is 4.47. The summed E-state index contributed by atoms with van der Waals surface area (Å²) < 4.78 is 26.0. The van der Waals surface area contributed by atoms with Crippen LogP contribution in [0.5, 0.6) is 0 Å². The van der Waals surface area contributed by atoms with Crippen LogP contribution in [0.1, 0.15) is 12.5 Å². The van der Waals surface area contributed by atoms with Crippen LogP contribution < -0.4 is 0 Å². The van der Waals surface area contributed by atoms with Crippen molar-refractivity contribution in [3.63, 3.8) is 0 Å². The van der Waals surface area contributed by atoms with Crippen LogP contribution in [0, 0.1) is 11.6 Å². The van der Waals surface area contributed by atoms with Gasteiger partial charge in [-0.2, -0.15) is 0 Å². The molecule has 0 aliphatic rings. The van der Waals surface area contributed by atoms with Crippen LogP contribution in [0.25, 0.3) is 0 Å². The van der Waals surface area contributed by atoms with E-state index in [0.717, 1.165) is 11.0 Å². The zero-order valence-corrected chi connectivity index (χ0v) is 8.20. The lowest BCUT2D eigenvalue weighted by atomic mass is 10.2. The second-order valence-electron chi connectivity index (χ2n) is 3.01. The molecule has 0 heterocycles. The topological polar surface area (TPSA) is 40.5 Å². The summed E-state index contributed by atoms with van der Waals surface area (Å²) in [6, 6.07) is 3.71. The fourth-order valence-corrected chi connectivity index (χ4v) is 1.19. The monoisotopic (exact) mass is 215 g/mol. The fraction of sp³-hybridized carbons (Fsp3) is 0.300. The molecule has 0 aliphatic heterocycles. The number of nitrogens with zero attached hydrogens (tertiary/aromatic N) is 1. The molecule has 0 fully saturated rings. The lowest BCUT2D eigenvalue weighted by Gasteiger charge is -2.17. The molecule has 1 aromatic carbocycles. The van der Waals surface area contributed by atoms with Crippen LogP contribution in [-0.2, 0) is 6.54 Å². The van der Waals surface area contributed by atoms with Crippen molar-refractivity contribution in [3.05, 3.63) is 35.4 Å². The summed E-state index contributed by atoms with van der Waals surface area (Å²) in [5, 5.41) is 8.70. The largest absolute Gasteiger partial charge is 0.465 e. The third-order valence-electron chi connectivity index (χ3n) is 2.05. The Kier molecular flexibility index (Phi) is 3.60. The van der Waals surface area contributed by atoms with Gasteiger partial charge < -0.3 is 10.0 Å². The summed E-state index contributed by atoms with van der Waals surface area (Å²) in [5.74, 6) is -1.95. The molecular formula is C10H11F2NO2. The number of amides is 1. The second-order valence-corrected chi connectivity index (χ2v) is 3.01. The molecule has 0 aromatic heterocycles. The van der Waals surface area contributed by atoms with Crippen molar-refractivity contribution in [2.75, 3.05) is 6.54 Å². The van der Waals surface area contributed by atoms with Crippen molar-refractivity contribution in [1.82, 2.24) is 4.90 Å². The molecule has 0 bridgehead atoms. The third-order valence-corrected chi connectivity index (χ3v) is 2.05. The highest BCUT2D eigenvalue weighted by atomic mass is 19.2. The lowest BCUT2D eigenvalue weighted by molar-refractivity contribution is 0.144. The van der Waals surface area contributed by atoms with E-state index in [9.17, 15) is 13.6 Å². The Bertz CT molecular complexity index is 368. The van der Waals surface area contributed by atoms with Crippen molar-refractivity contribution in [2.45, 2.75) is 13.5 Å². The molecule has 82 valence electrons. The summed E-state index contributed by atoms with van der Waals surface area (Å²) in [6.07, 6.45) is -1.15. The van der Waals surface area contributed by atoms with Crippen LogP contribution >= 0.6 is 0 Å². The molecular weight excluding hydrogens is 204 g/mol. The zero-order valence-electron chi connectivity index (χ0n) is 8.20. The zero-order chi connectivity index (χ0) is 11.4. The van der Waals surface area contributed by atoms with Gasteiger partial charge in [0.05, 0.1) is 6.54 Å². The first-order chi connectivity index (χ1) is 7.06. The van der Waals surface area contributed by atoms with Gasteiger partial charge in [0.15, 0.2) is 11.6 Å². The number of rotatable bonds is 3. The maximum absolute atomic E-state index is 13.2. The maximum atomic E-state index is 13.2. The van der Waals surface area contributed by atoms with E-state index < -0.39 is 17.7 Å². The van der Waals surface area contributed by atoms with Gasteiger partial charge >= 0.3 is 6.09 Å². The molecule has 15 heavy (non-hydrogen) atoms. The van der Waals surface area contributed by atoms with E-state index in [0.29, 0.717) is 0 Å². The normalized spacial score (nSPS) is 10.1. The minimum absolute atomic E-state index is 0.0410. The number of hydrogen-bond acceptors (Lipinski definition) is 1. The van der Waals surface area contributed by atoms with E-state index in [2.05, 4.69) is 0 Å². The average molecular weight is 215 g/mol. The van der Waals surface area contributed by atoms with Gasteiger partial charge in [-0.25, -0.2) is 13.6 Å². The molecule has 0 radical (unpaired) electrons. The second kappa shape index (κ2) is 4.72. The van der Waals surface area contributed by atoms with E-state index >= 15 is 0 Å². The first-order valence-electron chi connectivity index (χ1n) is 4.47. The number of carboxylic acid groups (broad SMARTS) is 1. The molecule has 0 atom stereocenters. The van der Waals surface area contributed by atoms with Gasteiger partial charge in [0.25, 0.3) is 0 Å². The van der Waals surface area contributed by atoms with Gasteiger partial charge in [0.1, 0.15) is 0 Å². The van der Waals surface area contributed by atoms with Crippen LogP contribution in [-0.4, -0.2) is 22.6 Å². The van der Waals surface area contributed by atoms with Crippen molar-refractivity contribution >= 4 is 6.09 Å². The molecule has 1 aromatic rings. The van der Waals surface area contributed by atoms with Crippen LogP contribution in [0.3, 0.4) is 0 Å². The maximum Gasteiger partial charge on any atom is 0.407 e. The van der Waals surface area contributed by atoms with Gasteiger partial charge in [0.2, 0.25) is 0 Å². The number of hydrogen-bond donors (Lipinski definition) is 1. The minimum atomic E-state index is -1.15. The van der Waals surface area contributed by atoms with E-state index in [4.69, 9.17) is 5.11 Å². The number of benzene rings is 1. The first kappa shape index (κ1) is 11.4. The Morgan fingerprint density at radius 1 is 1.47 bits per heavy atom. The lowest BCUT2D eigenvalue weighted by Crippen LogP contribution is -2.28. The average Bonchev–Trinajstić information content (AvgIpc) is 2.19. The van der Waals surface area contributed by atoms with E-state index in [-0.39, 0.29) is 18.7 Å². The SMILES string of the molecule is CCN(Cc1cccc(F)c1F)C(=O)O. The van der Waals surface area contributed by atoms with Crippen LogP contribution in [0.15, 0.2) is 18.2 Å². The standard InChI is InChI=1S/C10H11F2NO2/c1-2-13(10(14)15)6-7-4-3-5-8(11)9(7)12/h3-5H,2,6H2,1H3,(H,14,15). The Morgan fingerprint density at radius 3 is 2.67 bits per heavy atom. The summed E-state index contributed by atoms with van der Waals surface area (Å²) in [4.78, 5) is 11.6. The molecule has 0 saturated carbocycles. The van der Waals surface area contributed by atoms with Gasteiger partial charge in [-0.3, -0.25) is 0 Å².